The molecule has 2 nitrogen and oxygen atoms in total. The third-order valence-corrected chi connectivity index (χ3v) is 11.8. The van der Waals surface area contributed by atoms with Crippen molar-refractivity contribution >= 4 is 0 Å². The highest BCUT2D eigenvalue weighted by atomic mass is 16.4. The van der Waals surface area contributed by atoms with Crippen molar-refractivity contribution in [2.24, 2.45) is 35.5 Å². The van der Waals surface area contributed by atoms with Crippen molar-refractivity contribution in [1.82, 2.24) is 0 Å². The minimum Gasteiger partial charge on any atom is -0.386 e. The quantitative estimate of drug-likeness (QED) is 0.449. The van der Waals surface area contributed by atoms with Crippen molar-refractivity contribution in [3.05, 3.63) is 11.1 Å². The van der Waals surface area contributed by atoms with E-state index in [1.807, 2.05) is 0 Å². The minimum absolute atomic E-state index is 0.309. The van der Waals surface area contributed by atoms with Gasteiger partial charge in [-0.3, -0.25) is 0 Å². The molecule has 0 saturated heterocycles. The van der Waals surface area contributed by atoms with E-state index in [0.29, 0.717) is 35.5 Å². The lowest BCUT2D eigenvalue weighted by Crippen LogP contribution is -2.65. The second kappa shape index (κ2) is 8.71. The Bertz CT molecular complexity index is 674. The zero-order chi connectivity index (χ0) is 21.8. The molecular weight excluding hydrogens is 392 g/mol. The van der Waals surface area contributed by atoms with Crippen LogP contribution >= 0.6 is 0 Å². The van der Waals surface area contributed by atoms with Gasteiger partial charge < -0.3 is 10.2 Å². The van der Waals surface area contributed by atoms with Crippen LogP contribution in [0.15, 0.2) is 11.1 Å². The Morgan fingerprint density at radius 2 is 0.906 bits per heavy atom. The summed E-state index contributed by atoms with van der Waals surface area (Å²) >= 11 is 0. The summed E-state index contributed by atoms with van der Waals surface area (Å²) < 4.78 is 0. The number of rotatable bonds is 4. The van der Waals surface area contributed by atoms with Crippen LogP contribution < -0.4 is 0 Å². The second-order valence-electron chi connectivity index (χ2n) is 13.0. The van der Waals surface area contributed by atoms with Gasteiger partial charge >= 0.3 is 0 Å². The molecule has 4 atom stereocenters. The number of hydrogen-bond donors (Lipinski definition) is 2. The largest absolute Gasteiger partial charge is 0.386 e. The Morgan fingerprint density at radius 3 is 1.38 bits per heavy atom. The predicted molar refractivity (Wildman–Crippen MR) is 130 cm³/mol. The van der Waals surface area contributed by atoms with E-state index >= 15 is 0 Å². The average Bonchev–Trinajstić information content (AvgIpc) is 3.62. The van der Waals surface area contributed by atoms with Crippen molar-refractivity contribution in [2.75, 3.05) is 0 Å². The molecule has 0 aromatic heterocycles. The molecule has 0 aromatic carbocycles. The molecule has 180 valence electrons. The van der Waals surface area contributed by atoms with E-state index in [2.05, 4.69) is 0 Å². The molecule has 6 saturated carbocycles. The summed E-state index contributed by atoms with van der Waals surface area (Å²) in [6.45, 7) is 0. The third-order valence-electron chi connectivity index (χ3n) is 11.8. The van der Waals surface area contributed by atoms with Crippen LogP contribution in [0, 0.1) is 35.5 Å². The standard InChI is InChI=1S/C30H48O2/c31-29(25(21-9-1-2-10-21)17-18-26(29)22-11-3-4-12-22)30(32)27(23-13-5-6-14-23)19-20-28(30)24-15-7-8-16-24/h21-23,25-27,31-32H,1-20H2. The van der Waals surface area contributed by atoms with Crippen molar-refractivity contribution in [1.29, 1.82) is 0 Å². The molecular formula is C30H48O2. The number of allylic oxidation sites excluding steroid dienone is 1. The van der Waals surface area contributed by atoms with Crippen LogP contribution in [0.4, 0.5) is 0 Å². The maximum Gasteiger partial charge on any atom is 0.118 e. The van der Waals surface area contributed by atoms with Gasteiger partial charge in [-0.15, -0.1) is 0 Å². The lowest BCUT2D eigenvalue weighted by atomic mass is 9.57. The van der Waals surface area contributed by atoms with Gasteiger partial charge in [-0.25, -0.2) is 0 Å². The van der Waals surface area contributed by atoms with E-state index in [0.717, 1.165) is 12.8 Å². The SMILES string of the molecule is OC1(C2(O)C(C3CCCC3)CCC2C2CCCC2)C(=C2CCCC2)CCC1C1CCCC1. The Morgan fingerprint density at radius 1 is 0.469 bits per heavy atom. The van der Waals surface area contributed by atoms with Gasteiger partial charge in [0.05, 0.1) is 0 Å². The van der Waals surface area contributed by atoms with Crippen LogP contribution in [0.2, 0.25) is 0 Å². The van der Waals surface area contributed by atoms with Gasteiger partial charge in [-0.05, 0) is 92.4 Å². The van der Waals surface area contributed by atoms with Crippen molar-refractivity contribution < 1.29 is 10.2 Å². The summed E-state index contributed by atoms with van der Waals surface area (Å²) in [5.74, 6) is 2.91. The Kier molecular flexibility index (Phi) is 6.02. The van der Waals surface area contributed by atoms with Gasteiger partial charge in [0.15, 0.2) is 0 Å². The smallest absolute Gasteiger partial charge is 0.118 e. The molecule has 2 heteroatoms. The molecule has 0 amide bonds. The summed E-state index contributed by atoms with van der Waals surface area (Å²) in [6.07, 6.45) is 25.3. The Balaban J connectivity index is 1.48. The summed E-state index contributed by atoms with van der Waals surface area (Å²) in [6, 6.07) is 0. The van der Waals surface area contributed by atoms with Gasteiger partial charge in [0.25, 0.3) is 0 Å². The van der Waals surface area contributed by atoms with E-state index < -0.39 is 11.2 Å². The molecule has 0 radical (unpaired) electrons. The van der Waals surface area contributed by atoms with Gasteiger partial charge in [-0.2, -0.15) is 0 Å². The lowest BCUT2D eigenvalue weighted by Gasteiger charge is -2.54. The highest BCUT2D eigenvalue weighted by Crippen LogP contribution is 2.65. The predicted octanol–water partition coefficient (Wildman–Crippen LogP) is 7.33. The molecule has 4 unspecified atom stereocenters. The van der Waals surface area contributed by atoms with E-state index in [1.54, 1.807) is 5.57 Å². The van der Waals surface area contributed by atoms with E-state index in [9.17, 15) is 10.2 Å². The molecule has 0 heterocycles. The average molecular weight is 441 g/mol. The molecule has 6 aliphatic rings. The fraction of sp³-hybridized carbons (Fsp3) is 0.933. The summed E-state index contributed by atoms with van der Waals surface area (Å²) in [5, 5.41) is 26.5. The number of aliphatic hydroxyl groups is 2. The second-order valence-corrected chi connectivity index (χ2v) is 13.0. The molecule has 32 heavy (non-hydrogen) atoms. The number of hydrogen-bond acceptors (Lipinski definition) is 2. The van der Waals surface area contributed by atoms with Gasteiger partial charge in [0, 0.05) is 0 Å². The maximum atomic E-state index is 13.3. The van der Waals surface area contributed by atoms with E-state index in [4.69, 9.17) is 0 Å². The molecule has 6 rings (SSSR count). The highest BCUT2D eigenvalue weighted by Gasteiger charge is 2.69. The van der Waals surface area contributed by atoms with E-state index in [1.165, 1.54) is 121 Å². The fourth-order valence-corrected chi connectivity index (χ4v) is 10.5. The maximum absolute atomic E-state index is 13.3. The van der Waals surface area contributed by atoms with Crippen LogP contribution in [0.5, 0.6) is 0 Å². The van der Waals surface area contributed by atoms with Crippen molar-refractivity contribution in [3.63, 3.8) is 0 Å². The van der Waals surface area contributed by atoms with Crippen LogP contribution in [0.1, 0.15) is 128 Å². The van der Waals surface area contributed by atoms with Crippen molar-refractivity contribution in [2.45, 2.75) is 140 Å². The summed E-state index contributed by atoms with van der Waals surface area (Å²) in [4.78, 5) is 0. The molecule has 0 aromatic rings. The molecule has 2 N–H and O–H groups in total. The molecule has 0 spiro atoms. The molecule has 0 bridgehead atoms. The monoisotopic (exact) mass is 440 g/mol. The van der Waals surface area contributed by atoms with E-state index in [-0.39, 0.29) is 0 Å². The zero-order valence-corrected chi connectivity index (χ0v) is 20.5. The highest BCUT2D eigenvalue weighted by molar-refractivity contribution is 5.38. The van der Waals surface area contributed by atoms with Gasteiger partial charge in [-0.1, -0.05) is 82.6 Å². The fourth-order valence-electron chi connectivity index (χ4n) is 10.5. The topological polar surface area (TPSA) is 40.5 Å². The van der Waals surface area contributed by atoms with Crippen LogP contribution in [0.3, 0.4) is 0 Å². The Labute approximate surface area is 196 Å². The van der Waals surface area contributed by atoms with Crippen molar-refractivity contribution in [3.8, 4) is 0 Å². The first-order chi connectivity index (χ1) is 15.6. The van der Waals surface area contributed by atoms with Gasteiger partial charge in [0.1, 0.15) is 11.2 Å². The molecule has 6 aliphatic carbocycles. The first kappa shape index (κ1) is 22.1. The first-order valence-corrected chi connectivity index (χ1v) is 14.8. The third kappa shape index (κ3) is 3.24. The molecule has 6 fully saturated rings. The van der Waals surface area contributed by atoms with Crippen LogP contribution in [-0.4, -0.2) is 21.4 Å². The van der Waals surface area contributed by atoms with Crippen LogP contribution in [0.25, 0.3) is 0 Å². The Hall–Kier alpha value is -0.340. The first-order valence-electron chi connectivity index (χ1n) is 14.8. The normalized spacial score (nSPS) is 44.6. The van der Waals surface area contributed by atoms with Crippen LogP contribution in [-0.2, 0) is 0 Å². The lowest BCUT2D eigenvalue weighted by molar-refractivity contribution is -0.213. The minimum atomic E-state index is -0.932. The molecule has 0 aliphatic heterocycles. The summed E-state index contributed by atoms with van der Waals surface area (Å²) in [5.41, 5.74) is 1.15. The zero-order valence-electron chi connectivity index (χ0n) is 20.5. The van der Waals surface area contributed by atoms with Gasteiger partial charge in [0.2, 0.25) is 0 Å². The summed E-state index contributed by atoms with van der Waals surface area (Å²) in [7, 11) is 0.